The molecule has 2 aromatic carbocycles. The van der Waals surface area contributed by atoms with Gasteiger partial charge < -0.3 is 0 Å². The number of hydrogen-bond donors (Lipinski definition) is 1. The number of ether oxygens (including phenoxy) is 1. The molecule has 0 bridgehead atoms. The maximum absolute atomic E-state index is 13.5. The molecule has 1 unspecified atom stereocenters. The number of esters is 1. The van der Waals surface area contributed by atoms with Crippen LogP contribution in [0.4, 0.5) is 5.69 Å². The molecule has 1 fully saturated rings. The Balaban J connectivity index is 1.78. The number of carbonyl (C=O) groups excluding carboxylic acids is 2. The summed E-state index contributed by atoms with van der Waals surface area (Å²) in [6.07, 6.45) is 5.58. The molecule has 0 spiro atoms. The van der Waals surface area contributed by atoms with Crippen molar-refractivity contribution in [2.45, 2.75) is 52.3 Å². The summed E-state index contributed by atoms with van der Waals surface area (Å²) in [5.41, 5.74) is 3.46. The number of halogens is 1. The Morgan fingerprint density at radius 1 is 1.06 bits per heavy atom. The molecule has 1 saturated heterocycles. The third-order valence-electron chi connectivity index (χ3n) is 7.33. The summed E-state index contributed by atoms with van der Waals surface area (Å²) in [6, 6.07) is 13.5. The first kappa shape index (κ1) is 24.7. The van der Waals surface area contributed by atoms with Crippen molar-refractivity contribution < 1.29 is 14.3 Å². The van der Waals surface area contributed by atoms with Crippen LogP contribution in [0.3, 0.4) is 0 Å². The fourth-order valence-electron chi connectivity index (χ4n) is 5.01. The van der Waals surface area contributed by atoms with E-state index in [0.717, 1.165) is 54.0 Å². The second kappa shape index (κ2) is 9.93. The summed E-state index contributed by atoms with van der Waals surface area (Å²) in [5.74, 6) is -0.189. The van der Waals surface area contributed by atoms with Gasteiger partial charge >= 0.3 is 197 Å². The van der Waals surface area contributed by atoms with Crippen LogP contribution in [0.5, 0.6) is 0 Å². The Hall–Kier alpha value is -1.90. The maximum atomic E-state index is 13.5. The number of hydrogen-bond acceptors (Lipinski definition) is 3. The first-order chi connectivity index (χ1) is 15.1. The van der Waals surface area contributed by atoms with E-state index in [-0.39, 0.29) is 24.1 Å². The summed E-state index contributed by atoms with van der Waals surface area (Å²) in [4.78, 5) is 26.5. The van der Waals surface area contributed by atoms with Crippen LogP contribution in [0.25, 0.3) is 0 Å². The first-order valence-corrected chi connectivity index (χ1v) is 15.1. The van der Waals surface area contributed by atoms with Gasteiger partial charge in [-0.05, 0) is 0 Å². The molecule has 4 nitrogen and oxygen atoms in total. The van der Waals surface area contributed by atoms with E-state index in [1.165, 1.54) is 0 Å². The molecule has 1 aliphatic rings. The minimum absolute atomic E-state index is 0.00329. The van der Waals surface area contributed by atoms with E-state index in [9.17, 15) is 9.59 Å². The normalized spacial score (nSPS) is 19.2. The van der Waals surface area contributed by atoms with E-state index in [4.69, 9.17) is 16.3 Å². The Morgan fingerprint density at radius 3 is 2.25 bits per heavy atom. The van der Waals surface area contributed by atoms with E-state index < -0.39 is 6.60 Å². The van der Waals surface area contributed by atoms with E-state index in [2.05, 4.69) is 12.0 Å². The Morgan fingerprint density at radius 2 is 1.66 bits per heavy atom. The molecular formula is C26H35ClNO3P. The average Bonchev–Trinajstić information content (AvgIpc) is 2.75. The molecular weight excluding hydrogens is 441 g/mol. The van der Waals surface area contributed by atoms with Crippen LogP contribution < -0.4 is 5.32 Å². The fourth-order valence-corrected chi connectivity index (χ4v) is 10.9. The van der Waals surface area contributed by atoms with Gasteiger partial charge in [-0.2, -0.15) is 0 Å². The molecule has 1 N–H and O–H groups in total. The molecule has 0 saturated carbocycles. The predicted molar refractivity (Wildman–Crippen MR) is 137 cm³/mol. The number of anilines is 1. The molecule has 0 aromatic heterocycles. The number of aryl methyl sites for hydroxylation is 2. The summed E-state index contributed by atoms with van der Waals surface area (Å²) < 4.78 is 5.67. The molecule has 32 heavy (non-hydrogen) atoms. The summed E-state index contributed by atoms with van der Waals surface area (Å²) in [7, 11) is 0. The van der Waals surface area contributed by atoms with Crippen molar-refractivity contribution in [3.8, 4) is 0 Å². The monoisotopic (exact) mass is 475 g/mol. The SMILES string of the molecule is Cc1cc(Cl)cc(C)c1NC(=O)C(C)P1(C)(CC(=O)OCc2ccccc2)CCCCC1. The third kappa shape index (κ3) is 5.53. The van der Waals surface area contributed by atoms with E-state index >= 15 is 0 Å². The van der Waals surface area contributed by atoms with E-state index in [0.29, 0.717) is 11.2 Å². The van der Waals surface area contributed by atoms with Crippen molar-refractivity contribution in [1.82, 2.24) is 0 Å². The minimum atomic E-state index is -2.66. The Labute approximate surface area is 197 Å². The quantitative estimate of drug-likeness (QED) is 0.372. The van der Waals surface area contributed by atoms with Crippen molar-refractivity contribution in [2.24, 2.45) is 0 Å². The van der Waals surface area contributed by atoms with Crippen molar-refractivity contribution in [1.29, 1.82) is 0 Å². The van der Waals surface area contributed by atoms with Gasteiger partial charge in [0.2, 0.25) is 0 Å². The number of rotatable bonds is 7. The van der Waals surface area contributed by atoms with E-state index in [1.807, 2.05) is 63.2 Å². The molecule has 3 rings (SSSR count). The number of carbonyl (C=O) groups is 2. The first-order valence-electron chi connectivity index (χ1n) is 11.4. The van der Waals surface area contributed by atoms with Crippen LogP contribution in [0.2, 0.25) is 5.02 Å². The van der Waals surface area contributed by atoms with Crippen LogP contribution in [0.15, 0.2) is 42.5 Å². The molecule has 1 atom stereocenters. The second-order valence-corrected chi connectivity index (χ2v) is 17.1. The summed E-state index contributed by atoms with van der Waals surface area (Å²) >= 11 is 6.16. The number of benzene rings is 2. The fraction of sp³-hybridized carbons (Fsp3) is 0.462. The van der Waals surface area contributed by atoms with Crippen molar-refractivity contribution in [2.75, 3.05) is 30.5 Å². The average molecular weight is 476 g/mol. The topological polar surface area (TPSA) is 55.4 Å². The van der Waals surface area contributed by atoms with Gasteiger partial charge in [0, 0.05) is 0 Å². The van der Waals surface area contributed by atoms with Gasteiger partial charge in [-0.15, -0.1) is 0 Å². The number of nitrogens with one attached hydrogen (secondary N) is 1. The zero-order valence-electron chi connectivity index (χ0n) is 19.6. The summed E-state index contributed by atoms with van der Waals surface area (Å²) in [6.45, 7) is 5.79. The van der Waals surface area contributed by atoms with Crippen LogP contribution in [-0.4, -0.2) is 42.7 Å². The molecule has 1 heterocycles. The molecule has 0 aliphatic carbocycles. The number of amides is 1. The van der Waals surface area contributed by atoms with Gasteiger partial charge in [-0.1, -0.05) is 0 Å². The van der Waals surface area contributed by atoms with Gasteiger partial charge in [-0.3, -0.25) is 0 Å². The van der Waals surface area contributed by atoms with Crippen LogP contribution in [-0.2, 0) is 20.9 Å². The molecule has 174 valence electrons. The molecule has 2 aromatic rings. The predicted octanol–water partition coefficient (Wildman–Crippen LogP) is 6.39. The van der Waals surface area contributed by atoms with Crippen LogP contribution in [0.1, 0.15) is 42.9 Å². The zero-order chi connectivity index (χ0) is 23.4. The second-order valence-electron chi connectivity index (χ2n) is 9.82. The molecule has 6 heteroatoms. The van der Waals surface area contributed by atoms with Crippen molar-refractivity contribution in [3.63, 3.8) is 0 Å². The molecule has 1 amide bonds. The third-order valence-corrected chi connectivity index (χ3v) is 14.7. The van der Waals surface area contributed by atoms with Gasteiger partial charge in [0.15, 0.2) is 0 Å². The van der Waals surface area contributed by atoms with Gasteiger partial charge in [0.1, 0.15) is 0 Å². The summed E-state index contributed by atoms with van der Waals surface area (Å²) in [5, 5.41) is 3.83. The Bertz CT molecular complexity index is 963. The van der Waals surface area contributed by atoms with Gasteiger partial charge in [0.25, 0.3) is 0 Å². The van der Waals surface area contributed by atoms with Gasteiger partial charge in [0.05, 0.1) is 0 Å². The van der Waals surface area contributed by atoms with E-state index in [1.54, 1.807) is 0 Å². The van der Waals surface area contributed by atoms with Crippen molar-refractivity contribution >= 4 is 35.8 Å². The molecule has 1 aliphatic heterocycles. The van der Waals surface area contributed by atoms with Crippen LogP contribution in [0, 0.1) is 13.8 Å². The molecule has 0 radical (unpaired) electrons. The van der Waals surface area contributed by atoms with Gasteiger partial charge in [-0.25, -0.2) is 0 Å². The van der Waals surface area contributed by atoms with Crippen molar-refractivity contribution in [3.05, 3.63) is 64.2 Å². The standard InChI is InChI=1S/C26H35ClNO3P/c1-19-15-23(27)16-20(2)25(19)28-26(30)21(3)32(4,13-9-6-10-14-32)18-24(29)31-17-22-11-7-5-8-12-22/h5,7-8,11-12,15-16,21H,6,9-10,13-14,17-18H2,1-4H3,(H,28,30). The Kier molecular flexibility index (Phi) is 7.68. The van der Waals surface area contributed by atoms with Crippen LogP contribution >= 0.6 is 18.2 Å². The zero-order valence-corrected chi connectivity index (χ0v) is 21.3.